The highest BCUT2D eigenvalue weighted by Crippen LogP contribution is 2.36. The van der Waals surface area contributed by atoms with Crippen molar-refractivity contribution in [2.45, 2.75) is 4.90 Å². The second-order valence-electron chi connectivity index (χ2n) is 2.41. The Morgan fingerprint density at radius 3 is 2.43 bits per heavy atom. The fraction of sp³-hybridized carbons (Fsp3) is 0.200. The van der Waals surface area contributed by atoms with E-state index in [1.807, 2.05) is 6.26 Å². The van der Waals surface area contributed by atoms with Gasteiger partial charge < -0.3 is 4.74 Å². The molecule has 0 saturated carbocycles. The van der Waals surface area contributed by atoms with Crippen LogP contribution in [0, 0.1) is 12.3 Å². The predicted octanol–water partition coefficient (Wildman–Crippen LogP) is 3.73. The zero-order valence-electron chi connectivity index (χ0n) is 7.51. The number of benzene rings is 1. The van der Waals surface area contributed by atoms with Crippen molar-refractivity contribution in [2.24, 2.45) is 0 Å². The maximum Gasteiger partial charge on any atom is 0.148 e. The predicted molar refractivity (Wildman–Crippen MR) is 62.6 cm³/mol. The summed E-state index contributed by atoms with van der Waals surface area (Å²) in [5, 5.41) is 1.16. The van der Waals surface area contributed by atoms with Crippen molar-refractivity contribution >= 4 is 35.0 Å². The minimum absolute atomic E-state index is 0.214. The first-order chi connectivity index (χ1) is 6.69. The molecule has 0 aliphatic carbocycles. The molecule has 4 heteroatoms. The molecule has 0 unspecified atom stereocenters. The van der Waals surface area contributed by atoms with Crippen molar-refractivity contribution in [3.8, 4) is 18.1 Å². The highest BCUT2D eigenvalue weighted by Gasteiger charge is 2.07. The number of ether oxygens (including phenoxy) is 1. The van der Waals surface area contributed by atoms with Crippen LogP contribution in [0.5, 0.6) is 5.75 Å². The van der Waals surface area contributed by atoms with Gasteiger partial charge in [0.15, 0.2) is 0 Å². The summed E-state index contributed by atoms with van der Waals surface area (Å²) in [6.45, 7) is 0.214. The molecule has 0 radical (unpaired) electrons. The molecule has 0 bridgehead atoms. The fourth-order valence-electron chi connectivity index (χ4n) is 0.940. The number of hydrogen-bond acceptors (Lipinski definition) is 2. The maximum absolute atomic E-state index is 5.98. The van der Waals surface area contributed by atoms with Gasteiger partial charge in [-0.2, -0.15) is 0 Å². The van der Waals surface area contributed by atoms with Crippen LogP contribution in [-0.2, 0) is 0 Å². The van der Waals surface area contributed by atoms with Crippen molar-refractivity contribution in [3.63, 3.8) is 0 Å². The summed E-state index contributed by atoms with van der Waals surface area (Å²) in [4.78, 5) is 0.849. The van der Waals surface area contributed by atoms with Gasteiger partial charge in [0, 0.05) is 17.0 Å². The topological polar surface area (TPSA) is 9.23 Å². The SMILES string of the molecule is C#CCOc1cc(Cl)c(SC)c(Cl)c1. The van der Waals surface area contributed by atoms with Gasteiger partial charge in [0.25, 0.3) is 0 Å². The minimum Gasteiger partial charge on any atom is -0.481 e. The molecule has 0 aliphatic rings. The first-order valence-electron chi connectivity index (χ1n) is 3.78. The highest BCUT2D eigenvalue weighted by atomic mass is 35.5. The normalized spacial score (nSPS) is 9.57. The third kappa shape index (κ3) is 2.75. The summed E-state index contributed by atoms with van der Waals surface area (Å²) >= 11 is 13.4. The number of rotatable bonds is 3. The van der Waals surface area contributed by atoms with Crippen LogP contribution in [0.1, 0.15) is 0 Å². The lowest BCUT2D eigenvalue weighted by Gasteiger charge is -2.07. The molecule has 1 aromatic carbocycles. The van der Waals surface area contributed by atoms with Gasteiger partial charge in [-0.15, -0.1) is 18.2 Å². The molecule has 0 aliphatic heterocycles. The Morgan fingerprint density at radius 1 is 1.43 bits per heavy atom. The van der Waals surface area contributed by atoms with E-state index in [-0.39, 0.29) is 6.61 Å². The zero-order valence-corrected chi connectivity index (χ0v) is 9.84. The highest BCUT2D eigenvalue weighted by molar-refractivity contribution is 7.98. The van der Waals surface area contributed by atoms with Crippen LogP contribution < -0.4 is 4.74 Å². The molecule has 0 amide bonds. The molecule has 74 valence electrons. The largest absolute Gasteiger partial charge is 0.481 e. The van der Waals surface area contributed by atoms with Crippen LogP contribution in [0.15, 0.2) is 17.0 Å². The Morgan fingerprint density at radius 2 is 2.00 bits per heavy atom. The number of halogens is 2. The van der Waals surface area contributed by atoms with E-state index in [0.717, 1.165) is 4.90 Å². The number of hydrogen-bond donors (Lipinski definition) is 0. The van der Waals surface area contributed by atoms with Gasteiger partial charge in [0.1, 0.15) is 12.4 Å². The summed E-state index contributed by atoms with van der Waals surface area (Å²) in [6, 6.07) is 3.41. The van der Waals surface area contributed by atoms with Gasteiger partial charge in [-0.3, -0.25) is 0 Å². The molecule has 0 saturated heterocycles. The smallest absolute Gasteiger partial charge is 0.148 e. The standard InChI is InChI=1S/C10H8Cl2OS/c1-3-4-13-7-5-8(11)10(14-2)9(12)6-7/h1,5-6H,4H2,2H3. The molecule has 0 N–H and O–H groups in total. The van der Waals surface area contributed by atoms with E-state index < -0.39 is 0 Å². The van der Waals surface area contributed by atoms with Crippen LogP contribution in [0.25, 0.3) is 0 Å². The van der Waals surface area contributed by atoms with E-state index in [2.05, 4.69) is 5.92 Å². The lowest BCUT2D eigenvalue weighted by molar-refractivity contribution is 0.370. The molecule has 1 aromatic rings. The average Bonchev–Trinajstić information content (AvgIpc) is 2.14. The van der Waals surface area contributed by atoms with Crippen molar-refractivity contribution in [1.82, 2.24) is 0 Å². The molecule has 0 heterocycles. The number of terminal acetylenes is 1. The molecule has 1 rings (SSSR count). The Kier molecular flexibility index (Phi) is 4.47. The summed E-state index contributed by atoms with van der Waals surface area (Å²) in [5.41, 5.74) is 0. The summed E-state index contributed by atoms with van der Waals surface area (Å²) < 4.78 is 5.20. The van der Waals surface area contributed by atoms with Crippen molar-refractivity contribution in [2.75, 3.05) is 12.9 Å². The molecule has 0 atom stereocenters. The lowest BCUT2D eigenvalue weighted by atomic mass is 10.3. The molecule has 0 fully saturated rings. The molecular formula is C10H8Cl2OS. The van der Waals surface area contributed by atoms with Gasteiger partial charge >= 0.3 is 0 Å². The van der Waals surface area contributed by atoms with E-state index >= 15 is 0 Å². The maximum atomic E-state index is 5.98. The van der Waals surface area contributed by atoms with Gasteiger partial charge in [-0.1, -0.05) is 29.1 Å². The van der Waals surface area contributed by atoms with E-state index in [0.29, 0.717) is 15.8 Å². The summed E-state index contributed by atoms with van der Waals surface area (Å²) in [5.74, 6) is 2.96. The van der Waals surface area contributed by atoms with Gasteiger partial charge in [0.05, 0.1) is 10.0 Å². The summed E-state index contributed by atoms with van der Waals surface area (Å²) in [7, 11) is 0. The van der Waals surface area contributed by atoms with Gasteiger partial charge in [0.2, 0.25) is 0 Å². The lowest BCUT2D eigenvalue weighted by Crippen LogP contribution is -1.93. The van der Waals surface area contributed by atoms with E-state index in [1.165, 1.54) is 11.8 Å². The third-order valence-corrected chi connectivity index (χ3v) is 3.17. The second kappa shape index (κ2) is 5.41. The van der Waals surface area contributed by atoms with Gasteiger partial charge in [-0.05, 0) is 6.26 Å². The van der Waals surface area contributed by atoms with E-state index in [1.54, 1.807) is 12.1 Å². The number of thioether (sulfide) groups is 1. The molecular weight excluding hydrogens is 239 g/mol. The Hall–Kier alpha value is -0.490. The second-order valence-corrected chi connectivity index (χ2v) is 4.04. The quantitative estimate of drug-likeness (QED) is 0.594. The van der Waals surface area contributed by atoms with Crippen LogP contribution in [0.2, 0.25) is 10.0 Å². The van der Waals surface area contributed by atoms with Crippen molar-refractivity contribution < 1.29 is 4.74 Å². The Labute approximate surface area is 97.7 Å². The molecule has 0 spiro atoms. The minimum atomic E-state index is 0.214. The van der Waals surface area contributed by atoms with Crippen LogP contribution >= 0.6 is 35.0 Å². The first kappa shape index (κ1) is 11.6. The molecule has 0 aromatic heterocycles. The Bertz CT molecular complexity index is 348. The van der Waals surface area contributed by atoms with Gasteiger partial charge in [-0.25, -0.2) is 0 Å². The van der Waals surface area contributed by atoms with Crippen LogP contribution in [0.3, 0.4) is 0 Å². The molecule has 1 nitrogen and oxygen atoms in total. The van der Waals surface area contributed by atoms with Crippen molar-refractivity contribution in [3.05, 3.63) is 22.2 Å². The van der Waals surface area contributed by atoms with Crippen LogP contribution in [-0.4, -0.2) is 12.9 Å². The third-order valence-electron chi connectivity index (χ3n) is 1.50. The Balaban J connectivity index is 2.97. The fourth-order valence-corrected chi connectivity index (χ4v) is 2.38. The summed E-state index contributed by atoms with van der Waals surface area (Å²) in [6.07, 6.45) is 6.98. The monoisotopic (exact) mass is 246 g/mol. The van der Waals surface area contributed by atoms with Crippen LogP contribution in [0.4, 0.5) is 0 Å². The molecule has 14 heavy (non-hydrogen) atoms. The zero-order chi connectivity index (χ0) is 10.6. The van der Waals surface area contributed by atoms with E-state index in [9.17, 15) is 0 Å². The first-order valence-corrected chi connectivity index (χ1v) is 5.76. The average molecular weight is 247 g/mol. The van der Waals surface area contributed by atoms with Crippen molar-refractivity contribution in [1.29, 1.82) is 0 Å². The van der Waals surface area contributed by atoms with E-state index in [4.69, 9.17) is 34.4 Å².